The number of carbonyl (C=O) groups excluding carboxylic acids is 3. The zero-order valence-electron chi connectivity index (χ0n) is 23.9. The van der Waals surface area contributed by atoms with Crippen LogP contribution in [-0.2, 0) is 25.5 Å². The number of benzene rings is 2. The molecule has 0 aliphatic heterocycles. The van der Waals surface area contributed by atoms with E-state index in [0.29, 0.717) is 16.6 Å². The molecule has 12 nitrogen and oxygen atoms in total. The third-order valence-electron chi connectivity index (χ3n) is 6.73. The molecule has 3 rings (SSSR count). The SMILES string of the molecule is CC(C)(CCC(CC(O)C(Cc1cccc(F)c1)NC(=O)c1cnc2ccccc2n1)C(N)=O)OC(=O)OCCC(=O)O. The summed E-state index contributed by atoms with van der Waals surface area (Å²) in [6.45, 7) is 2.80. The second kappa shape index (κ2) is 15.0. The van der Waals surface area contributed by atoms with Crippen LogP contribution >= 0.6 is 0 Å². The Morgan fingerprint density at radius 1 is 1.09 bits per heavy atom. The van der Waals surface area contributed by atoms with E-state index in [0.717, 1.165) is 0 Å². The van der Waals surface area contributed by atoms with Crippen LogP contribution in [0.5, 0.6) is 0 Å². The number of aromatic nitrogens is 2. The first-order valence-electron chi connectivity index (χ1n) is 13.6. The summed E-state index contributed by atoms with van der Waals surface area (Å²) in [5.41, 5.74) is 6.14. The molecular formula is C30H35FN4O8. The number of fused-ring (bicyclic) bond motifs is 1. The average molecular weight is 599 g/mol. The molecule has 2 amide bonds. The molecule has 3 aromatic rings. The van der Waals surface area contributed by atoms with Gasteiger partial charge in [-0.05, 0) is 69.4 Å². The molecule has 0 fully saturated rings. The minimum Gasteiger partial charge on any atom is -0.481 e. The highest BCUT2D eigenvalue weighted by Gasteiger charge is 2.31. The predicted molar refractivity (Wildman–Crippen MR) is 152 cm³/mol. The van der Waals surface area contributed by atoms with Gasteiger partial charge in [0.25, 0.3) is 5.91 Å². The van der Waals surface area contributed by atoms with E-state index >= 15 is 0 Å². The number of nitrogens with zero attached hydrogens (tertiary/aromatic N) is 2. The van der Waals surface area contributed by atoms with Crippen LogP contribution in [0.2, 0.25) is 0 Å². The lowest BCUT2D eigenvalue weighted by atomic mass is 9.87. The van der Waals surface area contributed by atoms with Gasteiger partial charge in [0.2, 0.25) is 5.91 Å². The number of carboxylic acids is 1. The summed E-state index contributed by atoms with van der Waals surface area (Å²) in [5.74, 6) is -3.84. The van der Waals surface area contributed by atoms with Crippen molar-refractivity contribution in [1.29, 1.82) is 0 Å². The van der Waals surface area contributed by atoms with E-state index in [1.807, 2.05) is 0 Å². The van der Waals surface area contributed by atoms with Crippen molar-refractivity contribution in [3.63, 3.8) is 0 Å². The van der Waals surface area contributed by atoms with Gasteiger partial charge in [0.15, 0.2) is 0 Å². The van der Waals surface area contributed by atoms with Crippen LogP contribution < -0.4 is 11.1 Å². The molecule has 1 heterocycles. The zero-order valence-corrected chi connectivity index (χ0v) is 23.9. The van der Waals surface area contributed by atoms with Gasteiger partial charge in [0.1, 0.15) is 23.7 Å². The Morgan fingerprint density at radius 2 is 1.81 bits per heavy atom. The van der Waals surface area contributed by atoms with Crippen molar-refractivity contribution in [3.05, 3.63) is 71.8 Å². The van der Waals surface area contributed by atoms with E-state index < -0.39 is 53.4 Å². The fraction of sp³-hybridized carbons (Fsp3) is 0.400. The lowest BCUT2D eigenvalue weighted by molar-refractivity contribution is -0.138. The van der Waals surface area contributed by atoms with Gasteiger partial charge in [-0.3, -0.25) is 19.4 Å². The number of primary amides is 1. The standard InChI is InChI=1S/C30H35FN4O8/c1-30(2,43-29(41)42-13-11-26(37)38)12-10-19(27(32)39)16-25(36)23(15-18-6-5-7-20(31)14-18)35-28(40)24-17-33-21-8-3-4-9-22(21)34-24/h3-9,14,17,19,23,25,36H,10-13,15-16H2,1-2H3,(H2,32,39)(H,35,40)(H,37,38). The van der Waals surface area contributed by atoms with Crippen molar-refractivity contribution < 1.29 is 43.3 Å². The van der Waals surface area contributed by atoms with Crippen molar-refractivity contribution in [2.24, 2.45) is 11.7 Å². The van der Waals surface area contributed by atoms with Crippen molar-refractivity contribution in [1.82, 2.24) is 15.3 Å². The van der Waals surface area contributed by atoms with Crippen molar-refractivity contribution in [3.8, 4) is 0 Å². The second-order valence-electron chi connectivity index (χ2n) is 10.7. The number of nitrogens with one attached hydrogen (secondary N) is 1. The first-order valence-corrected chi connectivity index (χ1v) is 13.6. The highest BCUT2D eigenvalue weighted by molar-refractivity contribution is 5.94. The first-order chi connectivity index (χ1) is 20.3. The molecule has 43 heavy (non-hydrogen) atoms. The lowest BCUT2D eigenvalue weighted by Gasteiger charge is -2.29. The Labute approximate surface area is 247 Å². The second-order valence-corrected chi connectivity index (χ2v) is 10.7. The minimum atomic E-state index is -1.29. The van der Waals surface area contributed by atoms with E-state index in [4.69, 9.17) is 20.3 Å². The van der Waals surface area contributed by atoms with Crippen LogP contribution in [0.3, 0.4) is 0 Å². The molecule has 2 aromatic carbocycles. The van der Waals surface area contributed by atoms with E-state index in [1.54, 1.807) is 44.2 Å². The highest BCUT2D eigenvalue weighted by Crippen LogP contribution is 2.25. The fourth-order valence-corrected chi connectivity index (χ4v) is 4.39. The third kappa shape index (κ3) is 10.6. The number of para-hydroxylation sites is 2. The number of aliphatic hydroxyl groups is 1. The molecule has 3 atom stereocenters. The Bertz CT molecular complexity index is 1450. The number of hydrogen-bond acceptors (Lipinski definition) is 9. The molecule has 230 valence electrons. The van der Waals surface area contributed by atoms with Crippen LogP contribution in [0.25, 0.3) is 11.0 Å². The molecule has 0 spiro atoms. The number of hydrogen-bond donors (Lipinski definition) is 4. The lowest BCUT2D eigenvalue weighted by Crippen LogP contribution is -2.46. The molecule has 0 radical (unpaired) electrons. The monoisotopic (exact) mass is 598 g/mol. The summed E-state index contributed by atoms with van der Waals surface area (Å²) in [6.07, 6.45) is -1.28. The quantitative estimate of drug-likeness (QED) is 0.189. The van der Waals surface area contributed by atoms with Gasteiger partial charge in [-0.15, -0.1) is 0 Å². The van der Waals surface area contributed by atoms with Gasteiger partial charge in [-0.25, -0.2) is 14.2 Å². The maximum atomic E-state index is 13.9. The van der Waals surface area contributed by atoms with Gasteiger partial charge in [-0.2, -0.15) is 0 Å². The molecule has 5 N–H and O–H groups in total. The Morgan fingerprint density at radius 3 is 2.49 bits per heavy atom. The largest absolute Gasteiger partial charge is 0.508 e. The van der Waals surface area contributed by atoms with Gasteiger partial charge >= 0.3 is 12.1 Å². The topological polar surface area (TPSA) is 191 Å². The molecule has 0 saturated carbocycles. The number of nitrogens with two attached hydrogens (primary N) is 1. The van der Waals surface area contributed by atoms with Crippen molar-refractivity contribution in [2.45, 2.75) is 63.7 Å². The van der Waals surface area contributed by atoms with Gasteiger partial charge < -0.3 is 30.7 Å². The highest BCUT2D eigenvalue weighted by atomic mass is 19.1. The molecule has 0 bridgehead atoms. The molecule has 0 aliphatic carbocycles. The fourth-order valence-electron chi connectivity index (χ4n) is 4.39. The molecule has 0 saturated heterocycles. The summed E-state index contributed by atoms with van der Waals surface area (Å²) >= 11 is 0. The number of amides is 2. The van der Waals surface area contributed by atoms with E-state index in [9.17, 15) is 28.7 Å². The number of aliphatic carboxylic acids is 1. The van der Waals surface area contributed by atoms with Crippen LogP contribution in [-0.4, -0.2) is 68.5 Å². The van der Waals surface area contributed by atoms with Crippen LogP contribution in [0.1, 0.15) is 55.6 Å². The van der Waals surface area contributed by atoms with Gasteiger partial charge in [0, 0.05) is 5.92 Å². The van der Waals surface area contributed by atoms with Crippen molar-refractivity contribution >= 4 is 35.0 Å². The number of ether oxygens (including phenoxy) is 2. The van der Waals surface area contributed by atoms with Gasteiger partial charge in [-0.1, -0.05) is 24.3 Å². The summed E-state index contributed by atoms with van der Waals surface area (Å²) in [5, 5.41) is 22.6. The van der Waals surface area contributed by atoms with Crippen molar-refractivity contribution in [2.75, 3.05) is 6.61 Å². The molecule has 0 aliphatic rings. The van der Waals surface area contributed by atoms with Crippen LogP contribution in [0.15, 0.2) is 54.7 Å². The molecule has 1 aromatic heterocycles. The average Bonchev–Trinajstić information content (AvgIpc) is 2.93. The minimum absolute atomic E-state index is 0.00994. The molecule has 3 unspecified atom stereocenters. The summed E-state index contributed by atoms with van der Waals surface area (Å²) in [7, 11) is 0. The Balaban J connectivity index is 1.71. The predicted octanol–water partition coefficient (Wildman–Crippen LogP) is 3.15. The number of halogens is 1. The summed E-state index contributed by atoms with van der Waals surface area (Å²) in [4.78, 5) is 56.6. The number of carboxylic acid groups (broad SMARTS) is 1. The summed E-state index contributed by atoms with van der Waals surface area (Å²) in [6, 6.07) is 11.7. The van der Waals surface area contributed by atoms with Crippen LogP contribution in [0.4, 0.5) is 9.18 Å². The maximum Gasteiger partial charge on any atom is 0.508 e. The zero-order chi connectivity index (χ0) is 31.6. The molecular weight excluding hydrogens is 563 g/mol. The Hall–Kier alpha value is -4.65. The first kappa shape index (κ1) is 32.9. The number of aliphatic hydroxyl groups excluding tert-OH is 1. The maximum absolute atomic E-state index is 13.9. The van der Waals surface area contributed by atoms with E-state index in [1.165, 1.54) is 24.4 Å². The molecule has 13 heteroatoms. The smallest absolute Gasteiger partial charge is 0.481 e. The third-order valence-corrected chi connectivity index (χ3v) is 6.73. The van der Waals surface area contributed by atoms with Gasteiger partial charge in [0.05, 0.1) is 35.8 Å². The number of carbonyl (C=O) groups is 4. The number of rotatable bonds is 15. The normalized spacial score (nSPS) is 13.5. The summed E-state index contributed by atoms with van der Waals surface area (Å²) < 4.78 is 23.9. The van der Waals surface area contributed by atoms with Crippen LogP contribution in [0, 0.1) is 11.7 Å². The Kier molecular flexibility index (Phi) is 11.5. The van der Waals surface area contributed by atoms with E-state index in [2.05, 4.69) is 15.3 Å². The van der Waals surface area contributed by atoms with E-state index in [-0.39, 0.29) is 44.4 Å².